The summed E-state index contributed by atoms with van der Waals surface area (Å²) < 4.78 is 18.3. The summed E-state index contributed by atoms with van der Waals surface area (Å²) in [5, 5.41) is 3.77. The smallest absolute Gasteiger partial charge is 0.124 e. The first kappa shape index (κ1) is 14.7. The number of aryl methyl sites for hydroxylation is 1. The van der Waals surface area contributed by atoms with Crippen molar-refractivity contribution < 1.29 is 9.13 Å². The van der Waals surface area contributed by atoms with Crippen molar-refractivity contribution in [2.24, 2.45) is 0 Å². The lowest BCUT2D eigenvalue weighted by molar-refractivity contribution is 0.412. The van der Waals surface area contributed by atoms with Crippen molar-refractivity contribution in [3.8, 4) is 5.75 Å². The quantitative estimate of drug-likeness (QED) is 0.859. The zero-order chi connectivity index (χ0) is 14.7. The van der Waals surface area contributed by atoms with Crippen molar-refractivity contribution in [2.45, 2.75) is 19.9 Å². The van der Waals surface area contributed by atoms with Gasteiger partial charge in [-0.2, -0.15) is 0 Å². The molecule has 2 aromatic carbocycles. The Morgan fingerprint density at radius 2 is 1.95 bits per heavy atom. The van der Waals surface area contributed by atoms with Gasteiger partial charge >= 0.3 is 0 Å². The minimum Gasteiger partial charge on any atom is -0.496 e. The Labute approximate surface area is 123 Å². The summed E-state index contributed by atoms with van der Waals surface area (Å²) in [6.45, 7) is 3.97. The molecule has 0 spiro atoms. The molecule has 1 unspecified atom stereocenters. The molecule has 4 heteroatoms. The summed E-state index contributed by atoms with van der Waals surface area (Å²) in [5.41, 5.74) is 2.88. The minimum absolute atomic E-state index is 0.0177. The van der Waals surface area contributed by atoms with Crippen LogP contribution in [-0.4, -0.2) is 7.11 Å². The number of rotatable bonds is 4. The van der Waals surface area contributed by atoms with Crippen molar-refractivity contribution in [1.29, 1.82) is 0 Å². The van der Waals surface area contributed by atoms with Gasteiger partial charge in [0.25, 0.3) is 0 Å². The lowest BCUT2D eigenvalue weighted by Gasteiger charge is -2.18. The Balaban J connectivity index is 2.18. The number of nitrogens with one attached hydrogen (secondary N) is 1. The summed E-state index contributed by atoms with van der Waals surface area (Å²) in [5.74, 6) is 0.522. The first-order valence-electron chi connectivity index (χ1n) is 6.37. The molecular weight excluding hydrogens is 277 g/mol. The second kappa shape index (κ2) is 6.14. The lowest BCUT2D eigenvalue weighted by Crippen LogP contribution is -2.07. The summed E-state index contributed by atoms with van der Waals surface area (Å²) in [7, 11) is 1.65. The molecule has 0 saturated carbocycles. The van der Waals surface area contributed by atoms with Gasteiger partial charge in [0.2, 0.25) is 0 Å². The van der Waals surface area contributed by atoms with Crippen LogP contribution in [0.5, 0.6) is 5.75 Å². The Hall–Kier alpha value is -1.74. The highest BCUT2D eigenvalue weighted by Crippen LogP contribution is 2.28. The van der Waals surface area contributed by atoms with E-state index in [9.17, 15) is 4.39 Å². The maximum absolute atomic E-state index is 13.1. The molecule has 0 aliphatic heterocycles. The van der Waals surface area contributed by atoms with Gasteiger partial charge in [-0.1, -0.05) is 17.7 Å². The van der Waals surface area contributed by atoms with Gasteiger partial charge in [-0.3, -0.25) is 0 Å². The number of hydrogen-bond donors (Lipinski definition) is 1. The molecule has 0 aromatic heterocycles. The first-order chi connectivity index (χ1) is 9.51. The molecule has 106 valence electrons. The van der Waals surface area contributed by atoms with Crippen LogP contribution in [0, 0.1) is 12.7 Å². The highest BCUT2D eigenvalue weighted by atomic mass is 35.5. The van der Waals surface area contributed by atoms with Crippen LogP contribution >= 0.6 is 11.6 Å². The van der Waals surface area contributed by atoms with E-state index in [2.05, 4.69) is 5.32 Å². The molecule has 2 rings (SSSR count). The van der Waals surface area contributed by atoms with Crippen LogP contribution in [0.2, 0.25) is 5.02 Å². The highest BCUT2D eigenvalue weighted by molar-refractivity contribution is 6.31. The third kappa shape index (κ3) is 3.23. The summed E-state index contributed by atoms with van der Waals surface area (Å²) >= 11 is 6.07. The number of methoxy groups -OCH3 is 1. The topological polar surface area (TPSA) is 21.3 Å². The molecule has 2 nitrogen and oxygen atoms in total. The van der Waals surface area contributed by atoms with Crippen LogP contribution in [0.25, 0.3) is 0 Å². The highest BCUT2D eigenvalue weighted by Gasteiger charge is 2.11. The van der Waals surface area contributed by atoms with Gasteiger partial charge in [0.05, 0.1) is 7.11 Å². The van der Waals surface area contributed by atoms with Gasteiger partial charge in [-0.25, -0.2) is 4.39 Å². The summed E-state index contributed by atoms with van der Waals surface area (Å²) in [6, 6.07) is 10.3. The third-order valence-corrected chi connectivity index (χ3v) is 3.53. The fraction of sp³-hybridized carbons (Fsp3) is 0.250. The molecule has 0 radical (unpaired) electrons. The van der Waals surface area contributed by atoms with E-state index >= 15 is 0 Å². The van der Waals surface area contributed by atoms with Crippen molar-refractivity contribution >= 4 is 17.3 Å². The third-order valence-electron chi connectivity index (χ3n) is 3.21. The average molecular weight is 294 g/mol. The van der Waals surface area contributed by atoms with Gasteiger partial charge in [-0.05, 0) is 55.3 Å². The van der Waals surface area contributed by atoms with E-state index in [1.54, 1.807) is 13.2 Å². The van der Waals surface area contributed by atoms with Crippen molar-refractivity contribution in [2.75, 3.05) is 12.4 Å². The van der Waals surface area contributed by atoms with Crippen LogP contribution in [0.4, 0.5) is 10.1 Å². The fourth-order valence-electron chi connectivity index (χ4n) is 2.15. The predicted molar refractivity (Wildman–Crippen MR) is 81.2 cm³/mol. The molecular formula is C16H17ClFNO. The number of benzene rings is 2. The lowest BCUT2D eigenvalue weighted by atomic mass is 10.1. The number of halogens is 2. The Morgan fingerprint density at radius 1 is 1.20 bits per heavy atom. The van der Waals surface area contributed by atoms with Gasteiger partial charge in [0, 0.05) is 16.8 Å². The molecule has 0 bridgehead atoms. The number of ether oxygens (including phenoxy) is 1. The number of hydrogen-bond acceptors (Lipinski definition) is 2. The van der Waals surface area contributed by atoms with Gasteiger partial charge in [-0.15, -0.1) is 0 Å². The van der Waals surface area contributed by atoms with Crippen molar-refractivity contribution in [3.05, 3.63) is 58.4 Å². The standard InChI is InChI=1S/C16H17ClFNO/c1-10-8-13(5-7-16(10)20-3)19-11(2)14-6-4-12(18)9-15(14)17/h4-9,11,19H,1-3H3. The van der Waals surface area contributed by atoms with Crippen LogP contribution < -0.4 is 10.1 Å². The molecule has 0 heterocycles. The van der Waals surface area contributed by atoms with Crippen molar-refractivity contribution in [3.63, 3.8) is 0 Å². The van der Waals surface area contributed by atoms with E-state index in [1.165, 1.54) is 12.1 Å². The van der Waals surface area contributed by atoms with Crippen LogP contribution in [-0.2, 0) is 0 Å². The summed E-state index contributed by atoms with van der Waals surface area (Å²) in [6.07, 6.45) is 0. The Bertz CT molecular complexity index is 615. The zero-order valence-electron chi connectivity index (χ0n) is 11.7. The molecule has 2 aromatic rings. The van der Waals surface area contributed by atoms with Gasteiger partial charge < -0.3 is 10.1 Å². The second-order valence-electron chi connectivity index (χ2n) is 4.72. The van der Waals surface area contributed by atoms with E-state index in [-0.39, 0.29) is 11.9 Å². The van der Waals surface area contributed by atoms with Gasteiger partial charge in [0.1, 0.15) is 11.6 Å². The molecule has 0 aliphatic carbocycles. The monoisotopic (exact) mass is 293 g/mol. The molecule has 1 N–H and O–H groups in total. The molecule has 0 fully saturated rings. The van der Waals surface area contributed by atoms with E-state index < -0.39 is 0 Å². The van der Waals surface area contributed by atoms with E-state index in [1.807, 2.05) is 32.0 Å². The van der Waals surface area contributed by atoms with Gasteiger partial charge in [0.15, 0.2) is 0 Å². The zero-order valence-corrected chi connectivity index (χ0v) is 12.5. The Morgan fingerprint density at radius 3 is 2.55 bits per heavy atom. The van der Waals surface area contributed by atoms with Crippen LogP contribution in [0.3, 0.4) is 0 Å². The largest absolute Gasteiger partial charge is 0.496 e. The summed E-state index contributed by atoms with van der Waals surface area (Å²) in [4.78, 5) is 0. The predicted octanol–water partition coefficient (Wildman–Crippen LogP) is 4.97. The van der Waals surface area contributed by atoms with Crippen molar-refractivity contribution in [1.82, 2.24) is 0 Å². The molecule has 0 aliphatic rings. The molecule has 1 atom stereocenters. The normalized spacial score (nSPS) is 12.1. The second-order valence-corrected chi connectivity index (χ2v) is 5.12. The average Bonchev–Trinajstić information content (AvgIpc) is 2.38. The fourth-order valence-corrected chi connectivity index (χ4v) is 2.48. The van der Waals surface area contributed by atoms with E-state index in [0.717, 1.165) is 22.6 Å². The van der Waals surface area contributed by atoms with Crippen LogP contribution in [0.1, 0.15) is 24.1 Å². The van der Waals surface area contributed by atoms with E-state index in [4.69, 9.17) is 16.3 Å². The molecule has 0 saturated heterocycles. The van der Waals surface area contributed by atoms with E-state index in [0.29, 0.717) is 5.02 Å². The Kier molecular flexibility index (Phi) is 4.50. The maximum Gasteiger partial charge on any atom is 0.124 e. The maximum atomic E-state index is 13.1. The molecule has 0 amide bonds. The first-order valence-corrected chi connectivity index (χ1v) is 6.75. The van der Waals surface area contributed by atoms with Crippen LogP contribution in [0.15, 0.2) is 36.4 Å². The SMILES string of the molecule is COc1ccc(NC(C)c2ccc(F)cc2Cl)cc1C. The minimum atomic E-state index is -0.328. The number of anilines is 1. The molecule has 20 heavy (non-hydrogen) atoms.